The molecule has 3 aromatic rings. The molecule has 0 saturated carbocycles. The van der Waals surface area contributed by atoms with Gasteiger partial charge < -0.3 is 19.4 Å². The van der Waals surface area contributed by atoms with E-state index in [2.05, 4.69) is 31.0 Å². The highest BCUT2D eigenvalue weighted by atomic mass is 16.5. The van der Waals surface area contributed by atoms with Crippen LogP contribution in [0.5, 0.6) is 0 Å². The molecule has 0 aliphatic carbocycles. The fraction of sp³-hybridized carbons (Fsp3) is 0.500. The van der Waals surface area contributed by atoms with Crippen molar-refractivity contribution in [3.63, 3.8) is 0 Å². The standard InChI is InChI=1S/C13H18N2O.C12H15NO2.C7H8.4C2H6/c1-11-3-5-12(6-4-11)13(16)15-9-7-14(2)8-10-15;1-10-2-4-11(5-3-10)12(14)13-6-8-15-9-7-13;1-7-5-3-2-4-6-7;4*1-2/h3-6H,7-10H2,1-2H3;2-5H,6-9H2,1H3;2-6H,1H3;4*1-2H3. The lowest BCUT2D eigenvalue weighted by atomic mass is 10.1. The monoisotopic (exact) mass is 636 g/mol. The van der Waals surface area contributed by atoms with Gasteiger partial charge in [-0.3, -0.25) is 9.59 Å². The molecule has 3 aromatic carbocycles. The van der Waals surface area contributed by atoms with Gasteiger partial charge in [-0.15, -0.1) is 0 Å². The molecular weight excluding hydrogens is 570 g/mol. The highest BCUT2D eigenvalue weighted by Crippen LogP contribution is 2.10. The fourth-order valence-electron chi connectivity index (χ4n) is 4.07. The Balaban J connectivity index is 0. The van der Waals surface area contributed by atoms with Crippen LogP contribution in [-0.2, 0) is 4.74 Å². The number of amides is 2. The molecular formula is C40H65N3O3. The molecule has 6 heteroatoms. The van der Waals surface area contributed by atoms with Crippen LogP contribution in [0.25, 0.3) is 0 Å². The number of hydrogen-bond donors (Lipinski definition) is 0. The second-order valence-electron chi connectivity index (χ2n) is 9.89. The molecule has 2 heterocycles. The molecule has 0 spiro atoms. The molecule has 0 N–H and O–H groups in total. The predicted octanol–water partition coefficient (Wildman–Crippen LogP) is 8.95. The van der Waals surface area contributed by atoms with Crippen molar-refractivity contribution in [2.24, 2.45) is 0 Å². The zero-order valence-electron chi connectivity index (χ0n) is 31.2. The highest BCUT2D eigenvalue weighted by Gasteiger charge is 2.20. The molecule has 2 aliphatic heterocycles. The summed E-state index contributed by atoms with van der Waals surface area (Å²) in [5.41, 5.74) is 5.25. The summed E-state index contributed by atoms with van der Waals surface area (Å²) < 4.78 is 5.21. The maximum Gasteiger partial charge on any atom is 0.254 e. The smallest absolute Gasteiger partial charge is 0.254 e. The Kier molecular flexibility index (Phi) is 28.1. The zero-order valence-corrected chi connectivity index (χ0v) is 31.2. The summed E-state index contributed by atoms with van der Waals surface area (Å²) in [5, 5.41) is 0. The normalized spacial score (nSPS) is 13.3. The van der Waals surface area contributed by atoms with Crippen LogP contribution in [0, 0.1) is 20.8 Å². The number of piperazine rings is 1. The number of nitrogens with zero attached hydrogens (tertiary/aromatic N) is 3. The van der Waals surface area contributed by atoms with Crippen LogP contribution in [0.3, 0.4) is 0 Å². The van der Waals surface area contributed by atoms with Crippen molar-refractivity contribution < 1.29 is 14.3 Å². The number of morpholine rings is 1. The highest BCUT2D eigenvalue weighted by molar-refractivity contribution is 5.94. The van der Waals surface area contributed by atoms with Gasteiger partial charge in [0.2, 0.25) is 0 Å². The first-order chi connectivity index (χ1) is 22.3. The Morgan fingerprint density at radius 1 is 0.478 bits per heavy atom. The number of carbonyl (C=O) groups is 2. The number of benzene rings is 3. The van der Waals surface area contributed by atoms with E-state index in [1.165, 1.54) is 16.7 Å². The molecule has 0 unspecified atom stereocenters. The van der Waals surface area contributed by atoms with E-state index in [1.54, 1.807) is 0 Å². The van der Waals surface area contributed by atoms with Gasteiger partial charge in [0.15, 0.2) is 0 Å². The Morgan fingerprint density at radius 3 is 1.13 bits per heavy atom. The molecule has 0 bridgehead atoms. The summed E-state index contributed by atoms with van der Waals surface area (Å²) in [6.45, 7) is 28.4. The summed E-state index contributed by atoms with van der Waals surface area (Å²) in [4.78, 5) is 30.1. The number of aryl methyl sites for hydroxylation is 3. The zero-order chi connectivity index (χ0) is 35.3. The summed E-state index contributed by atoms with van der Waals surface area (Å²) in [6, 6.07) is 25.8. The van der Waals surface area contributed by atoms with E-state index in [0.29, 0.717) is 26.3 Å². The van der Waals surface area contributed by atoms with Crippen molar-refractivity contribution in [2.45, 2.75) is 76.2 Å². The summed E-state index contributed by atoms with van der Waals surface area (Å²) >= 11 is 0. The maximum absolute atomic E-state index is 12.1. The van der Waals surface area contributed by atoms with Gasteiger partial charge in [-0.2, -0.15) is 0 Å². The molecule has 5 rings (SSSR count). The first-order valence-electron chi connectivity index (χ1n) is 17.3. The molecule has 258 valence electrons. The lowest BCUT2D eigenvalue weighted by molar-refractivity contribution is 0.0303. The van der Waals surface area contributed by atoms with Crippen LogP contribution in [0.15, 0.2) is 78.9 Å². The molecule has 0 aromatic heterocycles. The number of rotatable bonds is 2. The summed E-state index contributed by atoms with van der Waals surface area (Å²) in [5.74, 6) is 0.270. The molecule has 0 atom stereocenters. The number of likely N-dealkylation sites (N-methyl/N-ethyl adjacent to an activating group) is 1. The third kappa shape index (κ3) is 18.5. The van der Waals surface area contributed by atoms with E-state index in [1.807, 2.05) is 146 Å². The quantitative estimate of drug-likeness (QED) is 0.282. The second-order valence-corrected chi connectivity index (χ2v) is 9.89. The van der Waals surface area contributed by atoms with Crippen molar-refractivity contribution >= 4 is 11.8 Å². The van der Waals surface area contributed by atoms with Gasteiger partial charge in [-0.25, -0.2) is 0 Å². The van der Waals surface area contributed by atoms with Crippen LogP contribution in [0.2, 0.25) is 0 Å². The molecule has 6 nitrogen and oxygen atoms in total. The van der Waals surface area contributed by atoms with E-state index in [9.17, 15) is 9.59 Å². The van der Waals surface area contributed by atoms with Crippen molar-refractivity contribution in [1.82, 2.24) is 14.7 Å². The minimum Gasteiger partial charge on any atom is -0.378 e. The second kappa shape index (κ2) is 29.0. The van der Waals surface area contributed by atoms with E-state index >= 15 is 0 Å². The minimum atomic E-state index is 0.110. The van der Waals surface area contributed by atoms with Crippen LogP contribution in [0.4, 0.5) is 0 Å². The average molecular weight is 636 g/mol. The van der Waals surface area contributed by atoms with Crippen molar-refractivity contribution in [2.75, 3.05) is 59.5 Å². The van der Waals surface area contributed by atoms with E-state index in [0.717, 1.165) is 37.3 Å². The molecule has 2 fully saturated rings. The molecule has 0 radical (unpaired) electrons. The topological polar surface area (TPSA) is 53.1 Å². The SMILES string of the molecule is CC.CC.CC.CC.Cc1ccc(C(=O)N2CCN(C)CC2)cc1.Cc1ccc(C(=O)N2CCOCC2)cc1.Cc1ccccc1. The number of hydrogen-bond acceptors (Lipinski definition) is 4. The van der Waals surface area contributed by atoms with Gasteiger partial charge in [0.25, 0.3) is 11.8 Å². The van der Waals surface area contributed by atoms with Gasteiger partial charge in [-0.05, 0) is 52.1 Å². The van der Waals surface area contributed by atoms with Crippen LogP contribution >= 0.6 is 0 Å². The van der Waals surface area contributed by atoms with Gasteiger partial charge in [0.1, 0.15) is 0 Å². The lowest BCUT2D eigenvalue weighted by Crippen LogP contribution is -2.47. The van der Waals surface area contributed by atoms with E-state index < -0.39 is 0 Å². The number of ether oxygens (including phenoxy) is 1. The van der Waals surface area contributed by atoms with Crippen LogP contribution < -0.4 is 0 Å². The first-order valence-corrected chi connectivity index (χ1v) is 17.3. The first kappa shape index (κ1) is 44.6. The third-order valence-electron chi connectivity index (χ3n) is 6.63. The van der Waals surface area contributed by atoms with Crippen molar-refractivity contribution in [1.29, 1.82) is 0 Å². The Morgan fingerprint density at radius 2 is 0.804 bits per heavy atom. The fourth-order valence-corrected chi connectivity index (χ4v) is 4.07. The van der Waals surface area contributed by atoms with Crippen molar-refractivity contribution in [3.05, 3.63) is 107 Å². The molecule has 46 heavy (non-hydrogen) atoms. The van der Waals surface area contributed by atoms with Crippen molar-refractivity contribution in [3.8, 4) is 0 Å². The van der Waals surface area contributed by atoms with Gasteiger partial charge in [0.05, 0.1) is 13.2 Å². The Hall–Kier alpha value is -3.48. The average Bonchev–Trinajstić information content (AvgIpc) is 3.13. The summed E-state index contributed by atoms with van der Waals surface area (Å²) in [7, 11) is 2.09. The van der Waals surface area contributed by atoms with E-state index in [4.69, 9.17) is 4.74 Å². The van der Waals surface area contributed by atoms with Crippen LogP contribution in [0.1, 0.15) is 92.8 Å². The Bertz CT molecular complexity index is 1120. The molecule has 2 amide bonds. The maximum atomic E-state index is 12.1. The van der Waals surface area contributed by atoms with E-state index in [-0.39, 0.29) is 11.8 Å². The van der Waals surface area contributed by atoms with Gasteiger partial charge >= 0.3 is 0 Å². The molecule has 2 saturated heterocycles. The Labute approximate surface area is 282 Å². The minimum absolute atomic E-state index is 0.110. The largest absolute Gasteiger partial charge is 0.378 e. The lowest BCUT2D eigenvalue weighted by Gasteiger charge is -2.32. The predicted molar refractivity (Wildman–Crippen MR) is 199 cm³/mol. The van der Waals surface area contributed by atoms with Gasteiger partial charge in [0, 0.05) is 50.4 Å². The number of carbonyl (C=O) groups excluding carboxylic acids is 2. The summed E-state index contributed by atoms with van der Waals surface area (Å²) in [6.07, 6.45) is 0. The van der Waals surface area contributed by atoms with Gasteiger partial charge in [-0.1, -0.05) is 127 Å². The molecule has 2 aliphatic rings. The van der Waals surface area contributed by atoms with Crippen LogP contribution in [-0.4, -0.2) is 86.0 Å². The third-order valence-corrected chi connectivity index (χ3v) is 6.63.